The lowest BCUT2D eigenvalue weighted by Crippen LogP contribution is -2.11. The number of benzene rings is 8. The van der Waals surface area contributed by atoms with Gasteiger partial charge in [-0.05, 0) is 70.8 Å². The highest BCUT2D eigenvalue weighted by Crippen LogP contribution is 2.44. The average molecular weight is 654 g/mol. The Bertz CT molecular complexity index is 2830. The van der Waals surface area contributed by atoms with Crippen molar-refractivity contribution in [1.82, 2.24) is 0 Å². The van der Waals surface area contributed by atoms with E-state index in [0.29, 0.717) is 0 Å². The summed E-state index contributed by atoms with van der Waals surface area (Å²) in [6, 6.07) is 66.2. The number of fused-ring (bicyclic) bond motifs is 7. The van der Waals surface area contributed by atoms with Crippen molar-refractivity contribution in [3.8, 4) is 33.4 Å². The second-order valence-corrected chi connectivity index (χ2v) is 12.9. The average Bonchev–Trinajstić information content (AvgIpc) is 3.78. The summed E-state index contributed by atoms with van der Waals surface area (Å²) in [6.45, 7) is 0. The Kier molecular flexibility index (Phi) is 6.81. The Morgan fingerprint density at radius 1 is 0.314 bits per heavy atom. The molecular formula is C48H31NO2. The molecule has 2 aromatic heterocycles. The quantitative estimate of drug-likeness (QED) is 0.179. The van der Waals surface area contributed by atoms with Crippen LogP contribution < -0.4 is 4.90 Å². The fourth-order valence-corrected chi connectivity index (χ4v) is 7.47. The summed E-state index contributed by atoms with van der Waals surface area (Å²) >= 11 is 0. The van der Waals surface area contributed by atoms with E-state index in [4.69, 9.17) is 8.83 Å². The Morgan fingerprint density at radius 2 is 0.863 bits per heavy atom. The van der Waals surface area contributed by atoms with Gasteiger partial charge >= 0.3 is 0 Å². The molecule has 8 aromatic carbocycles. The van der Waals surface area contributed by atoms with Crippen LogP contribution in [0.15, 0.2) is 197 Å². The minimum absolute atomic E-state index is 0.835. The molecule has 2 heterocycles. The maximum absolute atomic E-state index is 6.78. The van der Waals surface area contributed by atoms with Crippen LogP contribution >= 0.6 is 0 Å². The molecule has 0 aliphatic heterocycles. The highest BCUT2D eigenvalue weighted by molar-refractivity contribution is 6.23. The van der Waals surface area contributed by atoms with Crippen molar-refractivity contribution >= 4 is 60.9 Å². The van der Waals surface area contributed by atoms with E-state index in [1.807, 2.05) is 18.2 Å². The van der Waals surface area contributed by atoms with Crippen LogP contribution in [0.5, 0.6) is 0 Å². The molecule has 0 saturated carbocycles. The van der Waals surface area contributed by atoms with Gasteiger partial charge in [0.1, 0.15) is 22.3 Å². The van der Waals surface area contributed by atoms with E-state index in [1.165, 1.54) is 22.3 Å². The van der Waals surface area contributed by atoms with Gasteiger partial charge in [0.25, 0.3) is 0 Å². The lowest BCUT2D eigenvalue weighted by molar-refractivity contribution is 0.663. The third kappa shape index (κ3) is 4.90. The van der Waals surface area contributed by atoms with Crippen molar-refractivity contribution in [3.63, 3.8) is 0 Å². The summed E-state index contributed by atoms with van der Waals surface area (Å²) in [5.74, 6) is 0. The fraction of sp³-hybridized carbons (Fsp3) is 0. The molecule has 3 nitrogen and oxygen atoms in total. The SMILES string of the molecule is c1ccc(-c2ccc(N(c3ccc(-c4cccc5c4oc4c5ccc5oc6ccccc6c54)cc3)c3ccccc3-c3ccccc3)cc2)cc1. The topological polar surface area (TPSA) is 29.5 Å². The molecule has 0 amide bonds. The van der Waals surface area contributed by atoms with E-state index in [0.717, 1.165) is 72.1 Å². The van der Waals surface area contributed by atoms with Crippen LogP contribution in [0.3, 0.4) is 0 Å². The minimum atomic E-state index is 0.835. The molecule has 0 radical (unpaired) electrons. The summed E-state index contributed by atoms with van der Waals surface area (Å²) in [7, 11) is 0. The highest BCUT2D eigenvalue weighted by Gasteiger charge is 2.20. The second-order valence-electron chi connectivity index (χ2n) is 12.9. The molecular weight excluding hydrogens is 623 g/mol. The molecule has 0 aliphatic carbocycles. The molecule has 10 rings (SSSR count). The Hall–Kier alpha value is -6.84. The van der Waals surface area contributed by atoms with E-state index < -0.39 is 0 Å². The predicted octanol–water partition coefficient (Wildman–Crippen LogP) is 14.0. The highest BCUT2D eigenvalue weighted by atomic mass is 16.3. The smallest absolute Gasteiger partial charge is 0.147 e. The van der Waals surface area contributed by atoms with Crippen LogP contribution in [-0.4, -0.2) is 0 Å². The van der Waals surface area contributed by atoms with Crippen molar-refractivity contribution < 1.29 is 8.83 Å². The first-order chi connectivity index (χ1) is 25.3. The second kappa shape index (κ2) is 11.9. The van der Waals surface area contributed by atoms with Crippen molar-refractivity contribution in [2.24, 2.45) is 0 Å². The molecule has 0 saturated heterocycles. The summed E-state index contributed by atoms with van der Waals surface area (Å²) in [5, 5.41) is 4.27. The van der Waals surface area contributed by atoms with Gasteiger partial charge in [0, 0.05) is 38.7 Å². The first-order valence-electron chi connectivity index (χ1n) is 17.3. The Labute approximate surface area is 295 Å². The van der Waals surface area contributed by atoms with Crippen LogP contribution in [0.25, 0.3) is 77.3 Å². The van der Waals surface area contributed by atoms with Crippen molar-refractivity contribution in [1.29, 1.82) is 0 Å². The summed E-state index contributed by atoms with van der Waals surface area (Å²) in [5.41, 5.74) is 13.6. The normalized spacial score (nSPS) is 11.5. The largest absolute Gasteiger partial charge is 0.456 e. The van der Waals surface area contributed by atoms with E-state index in [1.54, 1.807) is 0 Å². The zero-order valence-corrected chi connectivity index (χ0v) is 27.7. The monoisotopic (exact) mass is 653 g/mol. The molecule has 0 unspecified atom stereocenters. The minimum Gasteiger partial charge on any atom is -0.456 e. The van der Waals surface area contributed by atoms with Gasteiger partial charge in [0.15, 0.2) is 0 Å². The van der Waals surface area contributed by atoms with E-state index >= 15 is 0 Å². The lowest BCUT2D eigenvalue weighted by Gasteiger charge is -2.28. The molecule has 3 heteroatoms. The van der Waals surface area contributed by atoms with Gasteiger partial charge in [-0.15, -0.1) is 0 Å². The van der Waals surface area contributed by atoms with E-state index in [9.17, 15) is 0 Å². The number of para-hydroxylation sites is 3. The molecule has 10 aromatic rings. The van der Waals surface area contributed by atoms with Gasteiger partial charge in [-0.1, -0.05) is 140 Å². The van der Waals surface area contributed by atoms with Gasteiger partial charge in [0.2, 0.25) is 0 Å². The Morgan fingerprint density at radius 3 is 1.63 bits per heavy atom. The van der Waals surface area contributed by atoms with Crippen LogP contribution in [0.1, 0.15) is 0 Å². The molecule has 240 valence electrons. The first kappa shape index (κ1) is 29.1. The van der Waals surface area contributed by atoms with Crippen molar-refractivity contribution in [2.75, 3.05) is 4.90 Å². The van der Waals surface area contributed by atoms with Gasteiger partial charge in [-0.25, -0.2) is 0 Å². The zero-order valence-electron chi connectivity index (χ0n) is 27.7. The molecule has 0 fully saturated rings. The fourth-order valence-electron chi connectivity index (χ4n) is 7.47. The number of nitrogens with zero attached hydrogens (tertiary/aromatic N) is 1. The van der Waals surface area contributed by atoms with Crippen LogP contribution in [0, 0.1) is 0 Å². The third-order valence-electron chi connectivity index (χ3n) is 9.90. The Balaban J connectivity index is 1.10. The molecule has 0 bridgehead atoms. The van der Waals surface area contributed by atoms with Crippen LogP contribution in [0.4, 0.5) is 17.1 Å². The number of hydrogen-bond acceptors (Lipinski definition) is 3. The van der Waals surface area contributed by atoms with Gasteiger partial charge in [-0.3, -0.25) is 0 Å². The molecule has 51 heavy (non-hydrogen) atoms. The van der Waals surface area contributed by atoms with Crippen molar-refractivity contribution in [2.45, 2.75) is 0 Å². The predicted molar refractivity (Wildman–Crippen MR) is 212 cm³/mol. The number of hydrogen-bond donors (Lipinski definition) is 0. The van der Waals surface area contributed by atoms with Crippen LogP contribution in [-0.2, 0) is 0 Å². The zero-order chi connectivity index (χ0) is 33.7. The maximum atomic E-state index is 6.78. The number of rotatable bonds is 6. The van der Waals surface area contributed by atoms with E-state index in [2.05, 4.69) is 175 Å². The molecule has 0 N–H and O–H groups in total. The molecule has 0 spiro atoms. The van der Waals surface area contributed by atoms with Gasteiger partial charge in [-0.2, -0.15) is 0 Å². The standard InChI is InChI=1S/C48H31NO2/c1-3-12-32(13-4-1)33-22-26-36(27-23-33)49(43-20-9-7-16-38(43)34-14-5-2-6-15-34)37-28-24-35(25-29-37)39-18-11-19-40-41-30-31-45-46(48(41)51-47(39)40)42-17-8-10-21-44(42)50-45/h1-31H. The summed E-state index contributed by atoms with van der Waals surface area (Å²) in [6.07, 6.45) is 0. The number of anilines is 3. The number of furan rings is 2. The maximum Gasteiger partial charge on any atom is 0.147 e. The van der Waals surface area contributed by atoms with E-state index in [-0.39, 0.29) is 0 Å². The van der Waals surface area contributed by atoms with Crippen molar-refractivity contribution in [3.05, 3.63) is 188 Å². The van der Waals surface area contributed by atoms with Gasteiger partial charge < -0.3 is 13.7 Å². The van der Waals surface area contributed by atoms with Gasteiger partial charge in [0.05, 0.1) is 11.1 Å². The summed E-state index contributed by atoms with van der Waals surface area (Å²) < 4.78 is 13.0. The van der Waals surface area contributed by atoms with Crippen LogP contribution in [0.2, 0.25) is 0 Å². The third-order valence-corrected chi connectivity index (χ3v) is 9.90. The first-order valence-corrected chi connectivity index (χ1v) is 17.3. The molecule has 0 atom stereocenters. The summed E-state index contributed by atoms with van der Waals surface area (Å²) in [4.78, 5) is 2.35. The molecule has 0 aliphatic rings. The lowest BCUT2D eigenvalue weighted by atomic mass is 9.99.